The predicted octanol–water partition coefficient (Wildman–Crippen LogP) is 2.42. The monoisotopic (exact) mass is 228 g/mol. The summed E-state index contributed by atoms with van der Waals surface area (Å²) in [6, 6.07) is 9.39. The first-order valence-corrected chi connectivity index (χ1v) is 4.87. The average Bonchev–Trinajstić information content (AvgIpc) is 2.34. The number of anilines is 3. The van der Waals surface area contributed by atoms with Gasteiger partial charge in [0, 0.05) is 0 Å². The van der Waals surface area contributed by atoms with Crippen molar-refractivity contribution in [3.63, 3.8) is 0 Å². The number of benzene rings is 1. The molecule has 0 unspecified atom stereocenters. The summed E-state index contributed by atoms with van der Waals surface area (Å²) in [7, 11) is 0. The van der Waals surface area contributed by atoms with Gasteiger partial charge in [0.25, 0.3) is 0 Å². The van der Waals surface area contributed by atoms with Crippen molar-refractivity contribution in [2.75, 3.05) is 11.1 Å². The zero-order valence-electron chi connectivity index (χ0n) is 8.81. The van der Waals surface area contributed by atoms with E-state index in [4.69, 9.17) is 11.0 Å². The minimum Gasteiger partial charge on any atom is -0.384 e. The van der Waals surface area contributed by atoms with Crippen LogP contribution in [0.1, 0.15) is 5.56 Å². The highest BCUT2D eigenvalue weighted by atomic mass is 19.1. The summed E-state index contributed by atoms with van der Waals surface area (Å²) in [5.41, 5.74) is 6.64. The fourth-order valence-corrected chi connectivity index (χ4v) is 1.32. The van der Waals surface area contributed by atoms with E-state index in [9.17, 15) is 4.39 Å². The van der Waals surface area contributed by atoms with Crippen molar-refractivity contribution >= 4 is 17.2 Å². The summed E-state index contributed by atoms with van der Waals surface area (Å²) in [5, 5.41) is 11.5. The SMILES string of the molecule is N#Cc1ccc(Nc2ccc(N)nc2)c(F)c1. The van der Waals surface area contributed by atoms with Crippen LogP contribution in [0.15, 0.2) is 36.5 Å². The maximum atomic E-state index is 13.5. The van der Waals surface area contributed by atoms with Gasteiger partial charge < -0.3 is 11.1 Å². The van der Waals surface area contributed by atoms with Crippen molar-refractivity contribution in [2.45, 2.75) is 0 Å². The Morgan fingerprint density at radius 1 is 1.29 bits per heavy atom. The van der Waals surface area contributed by atoms with Crippen LogP contribution in [-0.2, 0) is 0 Å². The Balaban J connectivity index is 2.25. The molecule has 0 radical (unpaired) electrons. The lowest BCUT2D eigenvalue weighted by Crippen LogP contribution is -1.96. The van der Waals surface area contributed by atoms with Crippen molar-refractivity contribution in [1.29, 1.82) is 5.26 Å². The van der Waals surface area contributed by atoms with E-state index in [1.807, 2.05) is 6.07 Å². The summed E-state index contributed by atoms with van der Waals surface area (Å²) < 4.78 is 13.5. The summed E-state index contributed by atoms with van der Waals surface area (Å²) in [6.07, 6.45) is 1.51. The lowest BCUT2D eigenvalue weighted by Gasteiger charge is -2.07. The Labute approximate surface area is 97.5 Å². The van der Waals surface area contributed by atoms with E-state index in [2.05, 4.69) is 10.3 Å². The van der Waals surface area contributed by atoms with E-state index in [-0.39, 0.29) is 11.3 Å². The quantitative estimate of drug-likeness (QED) is 0.827. The first kappa shape index (κ1) is 10.9. The molecule has 3 N–H and O–H groups in total. The zero-order chi connectivity index (χ0) is 12.3. The van der Waals surface area contributed by atoms with Crippen molar-refractivity contribution in [2.24, 2.45) is 0 Å². The molecule has 0 aliphatic heterocycles. The highest BCUT2D eigenvalue weighted by Crippen LogP contribution is 2.20. The third-order valence-corrected chi connectivity index (χ3v) is 2.16. The molecular formula is C12H9FN4. The summed E-state index contributed by atoms with van der Waals surface area (Å²) in [6.45, 7) is 0. The van der Waals surface area contributed by atoms with Gasteiger partial charge in [-0.3, -0.25) is 0 Å². The molecule has 1 aromatic carbocycles. The summed E-state index contributed by atoms with van der Waals surface area (Å²) in [4.78, 5) is 3.88. The fourth-order valence-electron chi connectivity index (χ4n) is 1.32. The molecule has 0 fully saturated rings. The molecule has 0 amide bonds. The van der Waals surface area contributed by atoms with E-state index >= 15 is 0 Å². The van der Waals surface area contributed by atoms with Crippen molar-refractivity contribution < 1.29 is 4.39 Å². The number of pyridine rings is 1. The lowest BCUT2D eigenvalue weighted by molar-refractivity contribution is 0.631. The Morgan fingerprint density at radius 2 is 2.12 bits per heavy atom. The highest BCUT2D eigenvalue weighted by molar-refractivity contribution is 5.61. The molecular weight excluding hydrogens is 219 g/mol. The minimum atomic E-state index is -0.485. The normalized spacial score (nSPS) is 9.65. The molecule has 0 aliphatic carbocycles. The second-order valence-corrected chi connectivity index (χ2v) is 3.40. The predicted molar refractivity (Wildman–Crippen MR) is 63.0 cm³/mol. The van der Waals surface area contributed by atoms with Crippen LogP contribution in [0, 0.1) is 17.1 Å². The standard InChI is InChI=1S/C12H9FN4/c13-10-5-8(6-14)1-3-11(10)17-9-2-4-12(15)16-7-9/h1-5,7,17H,(H2,15,16). The summed E-state index contributed by atoms with van der Waals surface area (Å²) in [5.74, 6) is -0.0864. The number of halogens is 1. The molecule has 2 aromatic rings. The Hall–Kier alpha value is -2.61. The second kappa shape index (κ2) is 4.49. The Bertz CT molecular complexity index is 572. The first-order chi connectivity index (χ1) is 8.19. The van der Waals surface area contributed by atoms with Crippen LogP contribution in [0.5, 0.6) is 0 Å². The Morgan fingerprint density at radius 3 is 2.71 bits per heavy atom. The number of nitrogens with two attached hydrogens (primary N) is 1. The molecule has 0 aliphatic rings. The molecule has 0 saturated carbocycles. The van der Waals surface area contributed by atoms with E-state index in [1.165, 1.54) is 24.4 Å². The minimum absolute atomic E-state index is 0.281. The van der Waals surface area contributed by atoms with Gasteiger partial charge in [0.2, 0.25) is 0 Å². The van der Waals surface area contributed by atoms with Crippen LogP contribution in [0.4, 0.5) is 21.6 Å². The maximum Gasteiger partial charge on any atom is 0.147 e. The van der Waals surface area contributed by atoms with Gasteiger partial charge in [-0.1, -0.05) is 0 Å². The highest BCUT2D eigenvalue weighted by Gasteiger charge is 2.03. The van der Waals surface area contributed by atoms with Gasteiger partial charge in [-0.25, -0.2) is 9.37 Å². The number of hydrogen-bond donors (Lipinski definition) is 2. The molecule has 17 heavy (non-hydrogen) atoms. The molecule has 0 saturated heterocycles. The number of hydrogen-bond acceptors (Lipinski definition) is 4. The van der Waals surface area contributed by atoms with Crippen molar-refractivity contribution in [1.82, 2.24) is 4.98 Å². The van der Waals surface area contributed by atoms with Gasteiger partial charge in [0.15, 0.2) is 0 Å². The molecule has 1 aromatic heterocycles. The van der Waals surface area contributed by atoms with Gasteiger partial charge in [-0.2, -0.15) is 5.26 Å². The fraction of sp³-hybridized carbons (Fsp3) is 0. The largest absolute Gasteiger partial charge is 0.384 e. The molecule has 5 heteroatoms. The molecule has 0 bridgehead atoms. The number of rotatable bonds is 2. The summed E-state index contributed by atoms with van der Waals surface area (Å²) >= 11 is 0. The number of aromatic nitrogens is 1. The molecule has 0 atom stereocenters. The van der Waals surface area contributed by atoms with Crippen molar-refractivity contribution in [3.05, 3.63) is 47.9 Å². The van der Waals surface area contributed by atoms with Gasteiger partial charge in [-0.15, -0.1) is 0 Å². The first-order valence-electron chi connectivity index (χ1n) is 4.87. The molecule has 2 rings (SSSR count). The number of nitrogens with zero attached hydrogens (tertiary/aromatic N) is 2. The zero-order valence-corrected chi connectivity index (χ0v) is 8.81. The second-order valence-electron chi connectivity index (χ2n) is 3.40. The van der Waals surface area contributed by atoms with Gasteiger partial charge >= 0.3 is 0 Å². The smallest absolute Gasteiger partial charge is 0.147 e. The molecule has 1 heterocycles. The number of nitrogen functional groups attached to an aromatic ring is 1. The van der Waals surface area contributed by atoms with E-state index in [1.54, 1.807) is 12.1 Å². The van der Waals surface area contributed by atoms with Crippen LogP contribution in [0.3, 0.4) is 0 Å². The molecule has 84 valence electrons. The number of nitriles is 1. The third-order valence-electron chi connectivity index (χ3n) is 2.16. The molecule has 0 spiro atoms. The van der Waals surface area contributed by atoms with Gasteiger partial charge in [0.05, 0.1) is 29.2 Å². The van der Waals surface area contributed by atoms with E-state index in [0.717, 1.165) is 0 Å². The van der Waals surface area contributed by atoms with Crippen molar-refractivity contribution in [3.8, 4) is 6.07 Å². The average molecular weight is 228 g/mol. The van der Waals surface area contributed by atoms with Gasteiger partial charge in [0.1, 0.15) is 11.6 Å². The van der Waals surface area contributed by atoms with E-state index in [0.29, 0.717) is 11.5 Å². The third kappa shape index (κ3) is 2.49. The van der Waals surface area contributed by atoms with Crippen LogP contribution >= 0.6 is 0 Å². The topological polar surface area (TPSA) is 74.7 Å². The lowest BCUT2D eigenvalue weighted by atomic mass is 10.2. The van der Waals surface area contributed by atoms with Crippen LogP contribution in [-0.4, -0.2) is 4.98 Å². The van der Waals surface area contributed by atoms with E-state index < -0.39 is 5.82 Å². The maximum absolute atomic E-state index is 13.5. The molecule has 4 nitrogen and oxygen atoms in total. The number of nitrogens with one attached hydrogen (secondary N) is 1. The van der Waals surface area contributed by atoms with Crippen LogP contribution in [0.2, 0.25) is 0 Å². The van der Waals surface area contributed by atoms with Crippen LogP contribution in [0.25, 0.3) is 0 Å². The van der Waals surface area contributed by atoms with Crippen LogP contribution < -0.4 is 11.1 Å². The van der Waals surface area contributed by atoms with Gasteiger partial charge in [-0.05, 0) is 30.3 Å². The Kier molecular flexibility index (Phi) is 2.88.